The fourth-order valence-corrected chi connectivity index (χ4v) is 2.69. The topological polar surface area (TPSA) is 38.3 Å². The highest BCUT2D eigenvalue weighted by Crippen LogP contribution is 2.23. The molecule has 0 atom stereocenters. The average molecular weight is 384 g/mol. The van der Waals surface area contributed by atoms with Gasteiger partial charge in [-0.25, -0.2) is 0 Å². The summed E-state index contributed by atoms with van der Waals surface area (Å²) >= 11 is 11.9. The monoisotopic (exact) mass is 383 g/mol. The quantitative estimate of drug-likeness (QED) is 0.514. The molecule has 0 spiro atoms. The molecular weight excluding hydrogens is 369 g/mol. The van der Waals surface area contributed by atoms with Crippen LogP contribution < -0.4 is 10.1 Å². The van der Waals surface area contributed by atoms with Crippen molar-refractivity contribution in [3.05, 3.63) is 94.5 Å². The molecule has 0 radical (unpaired) electrons. The molecule has 130 valence electrons. The van der Waals surface area contributed by atoms with Gasteiger partial charge in [0.05, 0.1) is 0 Å². The molecular formula is C21H15Cl2NO2. The van der Waals surface area contributed by atoms with Crippen molar-refractivity contribution in [2.45, 2.75) is 0 Å². The zero-order valence-electron chi connectivity index (χ0n) is 13.7. The summed E-state index contributed by atoms with van der Waals surface area (Å²) in [5.74, 6) is 1.19. The first-order valence-electron chi connectivity index (χ1n) is 7.87. The number of benzene rings is 3. The molecule has 26 heavy (non-hydrogen) atoms. The molecule has 0 saturated carbocycles. The first kappa shape index (κ1) is 18.1. The van der Waals surface area contributed by atoms with E-state index in [1.165, 1.54) is 6.08 Å². The molecule has 0 bridgehead atoms. The van der Waals surface area contributed by atoms with E-state index in [1.54, 1.807) is 48.5 Å². The van der Waals surface area contributed by atoms with E-state index in [-0.39, 0.29) is 5.91 Å². The Labute approximate surface area is 161 Å². The third-order valence-corrected chi connectivity index (χ3v) is 4.04. The number of anilines is 1. The van der Waals surface area contributed by atoms with Crippen molar-refractivity contribution < 1.29 is 9.53 Å². The highest BCUT2D eigenvalue weighted by molar-refractivity contribution is 6.35. The van der Waals surface area contributed by atoms with Crippen LogP contribution in [0.4, 0.5) is 5.69 Å². The Hall–Kier alpha value is -2.75. The normalized spacial score (nSPS) is 10.7. The van der Waals surface area contributed by atoms with E-state index >= 15 is 0 Å². The van der Waals surface area contributed by atoms with Gasteiger partial charge in [-0.2, -0.15) is 0 Å². The van der Waals surface area contributed by atoms with E-state index in [4.69, 9.17) is 27.9 Å². The van der Waals surface area contributed by atoms with Crippen LogP contribution in [0.15, 0.2) is 78.9 Å². The van der Waals surface area contributed by atoms with Crippen molar-refractivity contribution >= 4 is 40.9 Å². The highest BCUT2D eigenvalue weighted by atomic mass is 35.5. The number of ether oxygens (including phenoxy) is 1. The van der Waals surface area contributed by atoms with Gasteiger partial charge in [0.2, 0.25) is 5.91 Å². The Kier molecular flexibility index (Phi) is 5.95. The number of halogens is 2. The number of hydrogen-bond donors (Lipinski definition) is 1. The molecule has 3 rings (SSSR count). The average Bonchev–Trinajstić information content (AvgIpc) is 2.63. The van der Waals surface area contributed by atoms with Crippen molar-refractivity contribution in [2.75, 3.05) is 5.32 Å². The minimum atomic E-state index is -0.257. The van der Waals surface area contributed by atoms with E-state index < -0.39 is 0 Å². The number of nitrogens with one attached hydrogen (secondary N) is 1. The molecule has 0 aliphatic rings. The first-order valence-corrected chi connectivity index (χ1v) is 8.63. The van der Waals surface area contributed by atoms with Gasteiger partial charge < -0.3 is 10.1 Å². The first-order chi connectivity index (χ1) is 12.6. The fraction of sp³-hybridized carbons (Fsp3) is 0. The number of rotatable bonds is 5. The molecule has 1 amide bonds. The second-order valence-corrected chi connectivity index (χ2v) is 6.27. The molecule has 3 aromatic rings. The van der Waals surface area contributed by atoms with Gasteiger partial charge in [-0.15, -0.1) is 0 Å². The summed E-state index contributed by atoms with van der Waals surface area (Å²) in [6.07, 6.45) is 3.06. The lowest BCUT2D eigenvalue weighted by molar-refractivity contribution is -0.111. The predicted octanol–water partition coefficient (Wildman–Crippen LogP) is 6.44. The minimum Gasteiger partial charge on any atom is -0.457 e. The summed E-state index contributed by atoms with van der Waals surface area (Å²) in [7, 11) is 0. The second-order valence-electron chi connectivity index (χ2n) is 5.43. The summed E-state index contributed by atoms with van der Waals surface area (Å²) in [5.41, 5.74) is 1.39. The summed E-state index contributed by atoms with van der Waals surface area (Å²) in [6, 6.07) is 21.7. The molecule has 0 aliphatic heterocycles. The molecule has 0 heterocycles. The summed E-state index contributed by atoms with van der Waals surface area (Å²) in [6.45, 7) is 0. The van der Waals surface area contributed by atoms with Crippen molar-refractivity contribution in [1.82, 2.24) is 0 Å². The Balaban J connectivity index is 1.60. The molecule has 3 aromatic carbocycles. The van der Waals surface area contributed by atoms with Crippen LogP contribution in [0.25, 0.3) is 6.08 Å². The van der Waals surface area contributed by atoms with Crippen LogP contribution in [-0.2, 0) is 4.79 Å². The van der Waals surface area contributed by atoms with Gasteiger partial charge in [-0.3, -0.25) is 4.79 Å². The van der Waals surface area contributed by atoms with Crippen LogP contribution in [0.1, 0.15) is 5.56 Å². The molecule has 5 heteroatoms. The molecule has 0 saturated heterocycles. The van der Waals surface area contributed by atoms with Crippen LogP contribution in [0.5, 0.6) is 11.5 Å². The maximum absolute atomic E-state index is 12.0. The van der Waals surface area contributed by atoms with Gasteiger partial charge in [0, 0.05) is 21.8 Å². The lowest BCUT2D eigenvalue weighted by atomic mass is 10.2. The zero-order valence-corrected chi connectivity index (χ0v) is 15.2. The highest BCUT2D eigenvalue weighted by Gasteiger charge is 2.02. The van der Waals surface area contributed by atoms with Gasteiger partial charge in [0.1, 0.15) is 11.5 Å². The molecule has 3 nitrogen and oxygen atoms in total. The maximum atomic E-state index is 12.0. The van der Waals surface area contributed by atoms with Gasteiger partial charge in [0.25, 0.3) is 0 Å². The van der Waals surface area contributed by atoms with Crippen molar-refractivity contribution in [1.29, 1.82) is 0 Å². The lowest BCUT2D eigenvalue weighted by Gasteiger charge is -2.07. The SMILES string of the molecule is O=C(C=Cc1ccc(Cl)cc1Cl)Nc1ccc(Oc2ccccc2)cc1. The minimum absolute atomic E-state index is 0.257. The van der Waals surface area contributed by atoms with E-state index in [9.17, 15) is 4.79 Å². The molecule has 0 unspecified atom stereocenters. The number of hydrogen-bond acceptors (Lipinski definition) is 2. The Bertz CT molecular complexity index is 923. The standard InChI is InChI=1S/C21H15Cl2NO2/c22-16-8-6-15(20(23)14-16)7-13-21(25)24-17-9-11-19(12-10-17)26-18-4-2-1-3-5-18/h1-14H,(H,24,25). The van der Waals surface area contributed by atoms with Crippen LogP contribution >= 0.6 is 23.2 Å². The fourth-order valence-electron chi connectivity index (χ4n) is 2.22. The zero-order chi connectivity index (χ0) is 18.4. The smallest absolute Gasteiger partial charge is 0.248 e. The lowest BCUT2D eigenvalue weighted by Crippen LogP contribution is -2.07. The molecule has 0 aliphatic carbocycles. The summed E-state index contributed by atoms with van der Waals surface area (Å²) in [4.78, 5) is 12.0. The molecule has 0 fully saturated rings. The number of amides is 1. The molecule has 0 aromatic heterocycles. The van der Waals surface area contributed by atoms with Crippen LogP contribution in [-0.4, -0.2) is 5.91 Å². The van der Waals surface area contributed by atoms with Gasteiger partial charge in [0.15, 0.2) is 0 Å². The van der Waals surface area contributed by atoms with Crippen LogP contribution in [0.3, 0.4) is 0 Å². The van der Waals surface area contributed by atoms with Crippen LogP contribution in [0.2, 0.25) is 10.0 Å². The van der Waals surface area contributed by atoms with Gasteiger partial charge in [-0.1, -0.05) is 47.5 Å². The predicted molar refractivity (Wildman–Crippen MR) is 107 cm³/mol. The van der Waals surface area contributed by atoms with Crippen LogP contribution in [0, 0.1) is 0 Å². The number of carbonyl (C=O) groups excluding carboxylic acids is 1. The Morgan fingerprint density at radius 2 is 1.58 bits per heavy atom. The largest absolute Gasteiger partial charge is 0.457 e. The second kappa shape index (κ2) is 8.56. The van der Waals surface area contributed by atoms with E-state index in [0.717, 1.165) is 11.3 Å². The Morgan fingerprint density at radius 3 is 2.27 bits per heavy atom. The molecule has 1 N–H and O–H groups in total. The van der Waals surface area contributed by atoms with E-state index in [0.29, 0.717) is 21.5 Å². The summed E-state index contributed by atoms with van der Waals surface area (Å²) < 4.78 is 5.71. The third-order valence-electron chi connectivity index (χ3n) is 3.48. The third kappa shape index (κ3) is 5.12. The van der Waals surface area contributed by atoms with E-state index in [1.807, 2.05) is 30.3 Å². The van der Waals surface area contributed by atoms with Gasteiger partial charge >= 0.3 is 0 Å². The summed E-state index contributed by atoms with van der Waals surface area (Å²) in [5, 5.41) is 3.82. The van der Waals surface area contributed by atoms with Gasteiger partial charge in [-0.05, 0) is 60.2 Å². The van der Waals surface area contributed by atoms with Crippen molar-refractivity contribution in [2.24, 2.45) is 0 Å². The van der Waals surface area contributed by atoms with E-state index in [2.05, 4.69) is 5.32 Å². The van der Waals surface area contributed by atoms with Crippen molar-refractivity contribution in [3.63, 3.8) is 0 Å². The Morgan fingerprint density at radius 1 is 0.885 bits per heavy atom. The van der Waals surface area contributed by atoms with Crippen molar-refractivity contribution in [3.8, 4) is 11.5 Å². The number of carbonyl (C=O) groups is 1. The maximum Gasteiger partial charge on any atom is 0.248 e. The number of para-hydroxylation sites is 1.